The Morgan fingerprint density at radius 1 is 1.28 bits per heavy atom. The number of amides is 2. The van der Waals surface area contributed by atoms with Gasteiger partial charge in [0.25, 0.3) is 5.91 Å². The average molecular weight is 417 g/mol. The van der Waals surface area contributed by atoms with E-state index in [9.17, 15) is 9.59 Å². The van der Waals surface area contributed by atoms with Crippen LogP contribution in [0.3, 0.4) is 0 Å². The molecule has 2 aromatic rings. The van der Waals surface area contributed by atoms with E-state index in [1.54, 1.807) is 0 Å². The highest BCUT2D eigenvalue weighted by Crippen LogP contribution is 2.23. The van der Waals surface area contributed by atoms with Crippen LogP contribution in [0.2, 0.25) is 5.02 Å². The molecule has 1 saturated heterocycles. The number of aromatic nitrogens is 1. The molecule has 0 aliphatic carbocycles. The number of nitrogens with one attached hydrogen (secondary N) is 1. The molecule has 0 spiro atoms. The number of likely N-dealkylation sites (tertiary alicyclic amines) is 1. The third-order valence-corrected chi connectivity index (χ3v) is 5.82. The molecule has 1 aliphatic heterocycles. The standard InChI is InChI=1S/C22H29ClN4O2/c1-15-12-20(16(2)27(15)19-8-3-7-18(23)13-19)22(29)25-9-5-11-26-10-4-6-17(14-26)21(24)28/h3,7-8,12-13,17H,4-6,9-11,14H2,1-2H3,(H2,24,28)(H,25,29). The lowest BCUT2D eigenvalue weighted by Crippen LogP contribution is -2.42. The third-order valence-electron chi connectivity index (χ3n) is 5.59. The minimum Gasteiger partial charge on any atom is -0.369 e. The van der Waals surface area contributed by atoms with Gasteiger partial charge in [-0.3, -0.25) is 9.59 Å². The van der Waals surface area contributed by atoms with E-state index in [0.29, 0.717) is 17.1 Å². The number of nitrogens with zero attached hydrogens (tertiary/aromatic N) is 2. The van der Waals surface area contributed by atoms with Crippen LogP contribution in [0.25, 0.3) is 5.69 Å². The van der Waals surface area contributed by atoms with Crippen molar-refractivity contribution in [2.45, 2.75) is 33.1 Å². The zero-order valence-corrected chi connectivity index (χ0v) is 17.8. The van der Waals surface area contributed by atoms with Gasteiger partial charge < -0.3 is 20.5 Å². The molecule has 3 N–H and O–H groups in total. The first-order valence-electron chi connectivity index (χ1n) is 10.1. The molecule has 1 aliphatic rings. The van der Waals surface area contributed by atoms with E-state index < -0.39 is 0 Å². The summed E-state index contributed by atoms with van der Waals surface area (Å²) in [6.45, 7) is 7.09. The highest BCUT2D eigenvalue weighted by molar-refractivity contribution is 6.30. The third kappa shape index (κ3) is 5.19. The summed E-state index contributed by atoms with van der Waals surface area (Å²) in [5.41, 5.74) is 8.93. The van der Waals surface area contributed by atoms with Crippen molar-refractivity contribution in [3.63, 3.8) is 0 Å². The van der Waals surface area contributed by atoms with Crippen molar-refractivity contribution < 1.29 is 9.59 Å². The monoisotopic (exact) mass is 416 g/mol. The molecular formula is C22H29ClN4O2. The van der Waals surface area contributed by atoms with Gasteiger partial charge in [-0.15, -0.1) is 0 Å². The fourth-order valence-corrected chi connectivity index (χ4v) is 4.28. The van der Waals surface area contributed by atoms with Crippen molar-refractivity contribution in [1.82, 2.24) is 14.8 Å². The van der Waals surface area contributed by atoms with E-state index in [1.165, 1.54) is 0 Å². The molecule has 0 saturated carbocycles. The minimum atomic E-state index is -0.210. The van der Waals surface area contributed by atoms with Gasteiger partial charge >= 0.3 is 0 Å². The van der Waals surface area contributed by atoms with Crippen LogP contribution in [0, 0.1) is 19.8 Å². The normalized spacial score (nSPS) is 17.3. The Kier molecular flexibility index (Phi) is 6.98. The SMILES string of the molecule is Cc1cc(C(=O)NCCCN2CCCC(C(N)=O)C2)c(C)n1-c1cccc(Cl)c1. The zero-order chi connectivity index (χ0) is 21.0. The van der Waals surface area contributed by atoms with E-state index in [-0.39, 0.29) is 17.7 Å². The molecule has 2 heterocycles. The molecule has 6 nitrogen and oxygen atoms in total. The second kappa shape index (κ2) is 9.46. The van der Waals surface area contributed by atoms with Crippen LogP contribution < -0.4 is 11.1 Å². The maximum Gasteiger partial charge on any atom is 0.253 e. The Bertz CT molecular complexity index is 893. The summed E-state index contributed by atoms with van der Waals surface area (Å²) in [4.78, 5) is 26.3. The number of nitrogens with two attached hydrogens (primary N) is 1. The number of benzene rings is 1. The van der Waals surface area contributed by atoms with Gasteiger partial charge in [-0.25, -0.2) is 0 Å². The molecule has 0 bridgehead atoms. The van der Waals surface area contributed by atoms with Gasteiger partial charge in [0.05, 0.1) is 11.5 Å². The number of rotatable bonds is 7. The Labute approximate surface area is 177 Å². The second-order valence-corrected chi connectivity index (χ2v) is 8.19. The largest absolute Gasteiger partial charge is 0.369 e. The molecule has 0 radical (unpaired) electrons. The molecule has 1 unspecified atom stereocenters. The number of hydrogen-bond donors (Lipinski definition) is 2. The number of aryl methyl sites for hydroxylation is 1. The predicted octanol–water partition coefficient (Wildman–Crippen LogP) is 3.06. The average Bonchev–Trinajstić information content (AvgIpc) is 2.99. The summed E-state index contributed by atoms with van der Waals surface area (Å²) in [5, 5.41) is 3.68. The quantitative estimate of drug-likeness (QED) is 0.680. The van der Waals surface area contributed by atoms with Crippen molar-refractivity contribution >= 4 is 23.4 Å². The first-order valence-corrected chi connectivity index (χ1v) is 10.5. The molecule has 2 amide bonds. The number of halogens is 1. The smallest absolute Gasteiger partial charge is 0.253 e. The molecule has 1 fully saturated rings. The fraction of sp³-hybridized carbons (Fsp3) is 0.455. The minimum absolute atomic E-state index is 0.0461. The van der Waals surface area contributed by atoms with Crippen molar-refractivity contribution in [3.8, 4) is 5.69 Å². The van der Waals surface area contributed by atoms with Crippen molar-refractivity contribution in [2.24, 2.45) is 11.7 Å². The highest BCUT2D eigenvalue weighted by atomic mass is 35.5. The van der Waals surface area contributed by atoms with Gasteiger partial charge in [-0.1, -0.05) is 17.7 Å². The Balaban J connectivity index is 1.55. The van der Waals surface area contributed by atoms with E-state index in [0.717, 1.165) is 56.0 Å². The van der Waals surface area contributed by atoms with Crippen LogP contribution in [0.4, 0.5) is 0 Å². The summed E-state index contributed by atoms with van der Waals surface area (Å²) in [6, 6.07) is 9.51. The number of piperidine rings is 1. The molecule has 1 aromatic carbocycles. The number of carbonyl (C=O) groups excluding carboxylic acids is 2. The Hall–Kier alpha value is -2.31. The lowest BCUT2D eigenvalue weighted by atomic mass is 9.97. The maximum absolute atomic E-state index is 12.7. The van der Waals surface area contributed by atoms with E-state index in [1.807, 2.05) is 48.7 Å². The lowest BCUT2D eigenvalue weighted by molar-refractivity contribution is -0.123. The zero-order valence-electron chi connectivity index (χ0n) is 17.1. The number of carbonyl (C=O) groups is 2. The summed E-state index contributed by atoms with van der Waals surface area (Å²) in [6.07, 6.45) is 2.71. The van der Waals surface area contributed by atoms with Gasteiger partial charge in [-0.05, 0) is 70.5 Å². The number of primary amides is 1. The molecule has 156 valence electrons. The van der Waals surface area contributed by atoms with Gasteiger partial charge in [0.15, 0.2) is 0 Å². The maximum atomic E-state index is 12.7. The van der Waals surface area contributed by atoms with Crippen molar-refractivity contribution in [2.75, 3.05) is 26.2 Å². The van der Waals surface area contributed by atoms with Crippen molar-refractivity contribution in [1.29, 1.82) is 0 Å². The number of hydrogen-bond acceptors (Lipinski definition) is 3. The summed E-state index contributed by atoms with van der Waals surface area (Å²) in [5.74, 6) is -0.326. The van der Waals surface area contributed by atoms with Crippen LogP contribution in [0.15, 0.2) is 30.3 Å². The molecule has 1 atom stereocenters. The van der Waals surface area contributed by atoms with E-state index in [4.69, 9.17) is 17.3 Å². The highest BCUT2D eigenvalue weighted by Gasteiger charge is 2.23. The molecular weight excluding hydrogens is 388 g/mol. The van der Waals surface area contributed by atoms with E-state index in [2.05, 4.69) is 10.2 Å². The Morgan fingerprint density at radius 2 is 2.07 bits per heavy atom. The second-order valence-electron chi connectivity index (χ2n) is 7.75. The van der Waals surface area contributed by atoms with Gasteiger partial charge in [0, 0.05) is 35.2 Å². The lowest BCUT2D eigenvalue weighted by Gasteiger charge is -2.31. The summed E-state index contributed by atoms with van der Waals surface area (Å²) in [7, 11) is 0. The first kappa shape index (κ1) is 21.4. The summed E-state index contributed by atoms with van der Waals surface area (Å²) >= 11 is 6.12. The molecule has 1 aromatic heterocycles. The molecule has 7 heteroatoms. The van der Waals surface area contributed by atoms with Gasteiger partial charge in [0.2, 0.25) is 5.91 Å². The molecule has 3 rings (SSSR count). The van der Waals surface area contributed by atoms with Crippen LogP contribution in [-0.4, -0.2) is 47.5 Å². The summed E-state index contributed by atoms with van der Waals surface area (Å²) < 4.78 is 2.04. The van der Waals surface area contributed by atoms with Crippen LogP contribution in [0.5, 0.6) is 0 Å². The van der Waals surface area contributed by atoms with Crippen LogP contribution in [0.1, 0.15) is 41.0 Å². The fourth-order valence-electron chi connectivity index (χ4n) is 4.10. The van der Waals surface area contributed by atoms with Crippen LogP contribution in [-0.2, 0) is 4.79 Å². The predicted molar refractivity (Wildman–Crippen MR) is 116 cm³/mol. The van der Waals surface area contributed by atoms with E-state index >= 15 is 0 Å². The van der Waals surface area contributed by atoms with Gasteiger partial charge in [0.1, 0.15) is 0 Å². The Morgan fingerprint density at radius 3 is 2.79 bits per heavy atom. The topological polar surface area (TPSA) is 80.4 Å². The molecule has 29 heavy (non-hydrogen) atoms. The van der Waals surface area contributed by atoms with Gasteiger partial charge in [-0.2, -0.15) is 0 Å². The first-order chi connectivity index (χ1) is 13.9. The van der Waals surface area contributed by atoms with Crippen molar-refractivity contribution in [3.05, 3.63) is 52.3 Å². The van der Waals surface area contributed by atoms with Crippen LogP contribution >= 0.6 is 11.6 Å².